The summed E-state index contributed by atoms with van der Waals surface area (Å²) in [5, 5.41) is 7.72. The third-order valence-electron chi connectivity index (χ3n) is 5.96. The second-order valence-corrected chi connectivity index (χ2v) is 8.07. The van der Waals surface area contributed by atoms with Crippen molar-refractivity contribution in [3.8, 4) is 5.95 Å². The average molecular weight is 452 g/mol. The van der Waals surface area contributed by atoms with E-state index in [-0.39, 0.29) is 35.6 Å². The van der Waals surface area contributed by atoms with Crippen LogP contribution >= 0.6 is 0 Å². The summed E-state index contributed by atoms with van der Waals surface area (Å²) in [5.41, 5.74) is 7.26. The topological polar surface area (TPSA) is 98.7 Å². The summed E-state index contributed by atoms with van der Waals surface area (Å²) in [5.74, 6) is 0.123. The van der Waals surface area contributed by atoms with Crippen LogP contribution in [-0.2, 0) is 16.6 Å². The van der Waals surface area contributed by atoms with Gasteiger partial charge in [-0.2, -0.15) is 32.9 Å². The number of anilines is 2. The second-order valence-electron chi connectivity index (χ2n) is 8.07. The molecular weight excluding hydrogens is 433 g/mol. The Hall–Kier alpha value is -3.95. The Labute approximate surface area is 186 Å². The van der Waals surface area contributed by atoms with Crippen LogP contribution < -0.4 is 11.1 Å². The van der Waals surface area contributed by atoms with Crippen LogP contribution in [0.25, 0.3) is 16.9 Å². The summed E-state index contributed by atoms with van der Waals surface area (Å²) in [7, 11) is 0. The van der Waals surface area contributed by atoms with Crippen molar-refractivity contribution in [1.82, 2.24) is 19.7 Å². The number of amides is 1. The number of hydrogen-bond acceptors (Lipinski definition) is 5. The maximum atomic E-state index is 13.0. The van der Waals surface area contributed by atoms with Crippen molar-refractivity contribution in [2.75, 3.05) is 11.1 Å². The molecule has 2 aromatic heterocycles. The number of carbonyl (C=O) groups excluding carboxylic acids is 1. The lowest BCUT2D eigenvalue weighted by atomic mass is 9.78. The number of nitrogens with one attached hydrogen (secondary N) is 1. The highest BCUT2D eigenvalue weighted by atomic mass is 19.4. The Bertz CT molecular complexity index is 1380. The van der Waals surface area contributed by atoms with Gasteiger partial charge in [0.1, 0.15) is 17.1 Å². The van der Waals surface area contributed by atoms with Crippen molar-refractivity contribution in [2.24, 2.45) is 0 Å². The first-order valence-electron chi connectivity index (χ1n) is 10.3. The highest BCUT2D eigenvalue weighted by Crippen LogP contribution is 2.44. The quantitative estimate of drug-likeness (QED) is 0.485. The molecule has 168 valence electrons. The Morgan fingerprint density at radius 3 is 2.48 bits per heavy atom. The Kier molecular flexibility index (Phi) is 4.62. The number of nitrogens with zero attached hydrogens (tertiary/aromatic N) is 4. The Morgan fingerprint density at radius 2 is 1.76 bits per heavy atom. The SMILES string of the molecule is CC1(c2ccccc2)C(=O)Nc2nc(-n3nc(CCC(F)(F)F)c4ccccc43)nc(N)c21. The van der Waals surface area contributed by atoms with E-state index in [4.69, 9.17) is 5.73 Å². The monoisotopic (exact) mass is 452 g/mol. The van der Waals surface area contributed by atoms with Crippen LogP contribution in [0.2, 0.25) is 0 Å². The molecule has 3 heterocycles. The molecule has 1 aliphatic rings. The van der Waals surface area contributed by atoms with Crippen LogP contribution in [-0.4, -0.2) is 31.8 Å². The number of benzene rings is 2. The molecule has 0 spiro atoms. The number of para-hydroxylation sites is 1. The average Bonchev–Trinajstić information content (AvgIpc) is 3.28. The molecule has 4 aromatic rings. The number of alkyl halides is 3. The first-order valence-corrected chi connectivity index (χ1v) is 10.3. The number of halogens is 3. The van der Waals surface area contributed by atoms with Crippen LogP contribution in [0.5, 0.6) is 0 Å². The molecule has 1 unspecified atom stereocenters. The summed E-state index contributed by atoms with van der Waals surface area (Å²) in [4.78, 5) is 21.9. The molecule has 1 atom stereocenters. The van der Waals surface area contributed by atoms with Gasteiger partial charge in [-0.3, -0.25) is 4.79 Å². The molecule has 1 amide bonds. The fourth-order valence-corrected chi connectivity index (χ4v) is 4.27. The van der Waals surface area contributed by atoms with Gasteiger partial charge in [-0.05, 0) is 18.6 Å². The van der Waals surface area contributed by atoms with Crippen LogP contribution in [0.4, 0.5) is 24.8 Å². The van der Waals surface area contributed by atoms with Crippen LogP contribution in [0, 0.1) is 0 Å². The maximum absolute atomic E-state index is 13.0. The lowest BCUT2D eigenvalue weighted by Crippen LogP contribution is -2.32. The highest BCUT2D eigenvalue weighted by Gasteiger charge is 2.47. The number of aryl methyl sites for hydroxylation is 1. The van der Waals surface area contributed by atoms with Crippen molar-refractivity contribution < 1.29 is 18.0 Å². The second kappa shape index (κ2) is 7.29. The van der Waals surface area contributed by atoms with Crippen molar-refractivity contribution in [3.05, 3.63) is 71.4 Å². The molecule has 1 aliphatic heterocycles. The van der Waals surface area contributed by atoms with Crippen molar-refractivity contribution in [1.29, 1.82) is 0 Å². The van der Waals surface area contributed by atoms with Gasteiger partial charge < -0.3 is 11.1 Å². The predicted molar refractivity (Wildman–Crippen MR) is 117 cm³/mol. The third kappa shape index (κ3) is 3.38. The molecule has 7 nitrogen and oxygen atoms in total. The van der Waals surface area contributed by atoms with Gasteiger partial charge in [0.05, 0.1) is 16.8 Å². The smallest absolute Gasteiger partial charge is 0.383 e. The Balaban J connectivity index is 1.63. The van der Waals surface area contributed by atoms with Crippen LogP contribution in [0.1, 0.15) is 30.2 Å². The van der Waals surface area contributed by atoms with E-state index in [9.17, 15) is 18.0 Å². The van der Waals surface area contributed by atoms with Crippen molar-refractivity contribution >= 4 is 28.4 Å². The summed E-state index contributed by atoms with van der Waals surface area (Å²) in [6.45, 7) is 1.75. The molecule has 0 saturated heterocycles. The molecule has 5 rings (SSSR count). The molecule has 0 fully saturated rings. The lowest BCUT2D eigenvalue weighted by molar-refractivity contribution is -0.134. The first kappa shape index (κ1) is 20.9. The summed E-state index contributed by atoms with van der Waals surface area (Å²) >= 11 is 0. The zero-order valence-electron chi connectivity index (χ0n) is 17.5. The van der Waals surface area contributed by atoms with Gasteiger partial charge in [-0.1, -0.05) is 48.5 Å². The maximum Gasteiger partial charge on any atom is 0.389 e. The van der Waals surface area contributed by atoms with Gasteiger partial charge in [0.2, 0.25) is 5.91 Å². The van der Waals surface area contributed by atoms with Gasteiger partial charge in [-0.15, -0.1) is 0 Å². The normalized spacial score (nSPS) is 17.9. The van der Waals surface area contributed by atoms with Gasteiger partial charge in [0, 0.05) is 18.2 Å². The number of hydrogen-bond donors (Lipinski definition) is 2. The van der Waals surface area contributed by atoms with E-state index >= 15 is 0 Å². The van der Waals surface area contributed by atoms with E-state index in [1.807, 2.05) is 30.3 Å². The van der Waals surface area contributed by atoms with Crippen LogP contribution in [0.3, 0.4) is 0 Å². The highest BCUT2D eigenvalue weighted by molar-refractivity contribution is 6.09. The number of fused-ring (bicyclic) bond motifs is 2. The minimum Gasteiger partial charge on any atom is -0.383 e. The minimum absolute atomic E-state index is 0.0679. The first-order chi connectivity index (χ1) is 15.7. The molecule has 0 bridgehead atoms. The summed E-state index contributed by atoms with van der Waals surface area (Å²) < 4.78 is 39.8. The van der Waals surface area contributed by atoms with Crippen LogP contribution in [0.15, 0.2) is 54.6 Å². The number of nitrogen functional groups attached to an aromatic ring is 1. The number of carbonyl (C=O) groups is 1. The van der Waals surface area contributed by atoms with E-state index in [0.717, 1.165) is 5.56 Å². The third-order valence-corrected chi connectivity index (χ3v) is 5.96. The number of rotatable bonds is 4. The molecule has 2 aromatic carbocycles. The zero-order valence-corrected chi connectivity index (χ0v) is 17.5. The van der Waals surface area contributed by atoms with Gasteiger partial charge in [0.15, 0.2) is 0 Å². The van der Waals surface area contributed by atoms with Crippen molar-refractivity contribution in [3.63, 3.8) is 0 Å². The minimum atomic E-state index is -4.30. The van der Waals surface area contributed by atoms with Crippen molar-refractivity contribution in [2.45, 2.75) is 31.4 Å². The molecule has 0 aliphatic carbocycles. The number of nitrogens with two attached hydrogens (primary N) is 1. The molecule has 33 heavy (non-hydrogen) atoms. The van der Waals surface area contributed by atoms with E-state index in [0.29, 0.717) is 16.5 Å². The fraction of sp³-hybridized carbons (Fsp3) is 0.217. The summed E-state index contributed by atoms with van der Waals surface area (Å²) in [6.07, 6.45) is -5.57. The molecule has 10 heteroatoms. The van der Waals surface area contributed by atoms with E-state index in [2.05, 4.69) is 20.4 Å². The molecule has 0 radical (unpaired) electrons. The van der Waals surface area contributed by atoms with Gasteiger partial charge in [-0.25, -0.2) is 0 Å². The zero-order chi connectivity index (χ0) is 23.4. The van der Waals surface area contributed by atoms with Gasteiger partial charge >= 0.3 is 6.18 Å². The Morgan fingerprint density at radius 1 is 1.06 bits per heavy atom. The summed E-state index contributed by atoms with van der Waals surface area (Å²) in [6, 6.07) is 16.1. The lowest BCUT2D eigenvalue weighted by Gasteiger charge is -2.23. The molecule has 3 N–H and O–H groups in total. The fourth-order valence-electron chi connectivity index (χ4n) is 4.27. The van der Waals surface area contributed by atoms with E-state index in [1.165, 1.54) is 4.68 Å². The predicted octanol–water partition coefficient (Wildman–Crippen LogP) is 4.15. The van der Waals surface area contributed by atoms with E-state index in [1.54, 1.807) is 31.2 Å². The van der Waals surface area contributed by atoms with Gasteiger partial charge in [0.25, 0.3) is 5.95 Å². The standard InChI is InChI=1S/C23H19F3N6O/c1-22(13-7-3-2-4-8-13)17-18(27)28-21(30-19(17)29-20(22)33)32-16-10-6-5-9-14(16)15(31-32)11-12-23(24,25)26/h2-10H,11-12H2,1H3,(H3,27,28,29,30,33). The molecule has 0 saturated carbocycles. The largest absolute Gasteiger partial charge is 0.389 e. The van der Waals surface area contributed by atoms with E-state index < -0.39 is 18.0 Å². The molecular formula is C23H19F3N6O. The number of aromatic nitrogens is 4.